The summed E-state index contributed by atoms with van der Waals surface area (Å²) in [5.74, 6) is 0.166. The fourth-order valence-electron chi connectivity index (χ4n) is 3.10. The topological polar surface area (TPSA) is 36.4 Å². The average Bonchev–Trinajstić information content (AvgIpc) is 3.07. The minimum Gasteiger partial charge on any atom is -0.335 e. The van der Waals surface area contributed by atoms with Crippen molar-refractivity contribution >= 4 is 27.3 Å². The molecule has 1 saturated heterocycles. The number of nitrogens with zero attached hydrogens (tertiary/aromatic N) is 3. The highest BCUT2D eigenvalue weighted by Crippen LogP contribution is 2.26. The molecule has 0 unspecified atom stereocenters. The van der Waals surface area contributed by atoms with Gasteiger partial charge in [-0.1, -0.05) is 18.2 Å². The Balaban J connectivity index is 1.39. The maximum absolute atomic E-state index is 12.7. The zero-order valence-corrected chi connectivity index (χ0v) is 14.2. The van der Waals surface area contributed by atoms with Gasteiger partial charge in [0.2, 0.25) is 0 Å². The number of aromatic nitrogens is 1. The van der Waals surface area contributed by atoms with E-state index in [0.29, 0.717) is 0 Å². The smallest absolute Gasteiger partial charge is 0.264 e. The van der Waals surface area contributed by atoms with Crippen LogP contribution in [0, 0.1) is 0 Å². The third-order valence-corrected chi connectivity index (χ3v) is 5.56. The van der Waals surface area contributed by atoms with Gasteiger partial charge in [0.25, 0.3) is 5.91 Å². The van der Waals surface area contributed by atoms with Crippen LogP contribution in [0.5, 0.6) is 0 Å². The minimum absolute atomic E-state index is 0.166. The zero-order chi connectivity index (χ0) is 16.4. The molecule has 0 radical (unpaired) electrons. The van der Waals surface area contributed by atoms with Gasteiger partial charge in [-0.15, -0.1) is 11.3 Å². The molecule has 122 valence electrons. The lowest BCUT2D eigenvalue weighted by Gasteiger charge is -2.34. The van der Waals surface area contributed by atoms with Gasteiger partial charge in [-0.05, 0) is 35.2 Å². The summed E-state index contributed by atoms with van der Waals surface area (Å²) in [6, 6.07) is 14.3. The van der Waals surface area contributed by atoms with Gasteiger partial charge < -0.3 is 4.90 Å². The standard InChI is InChI=1S/C19H19N3OS/c23-19(18-13-16-3-1-2-4-17(16)24-18)22-11-9-21(10-12-22)14-15-5-7-20-8-6-15/h1-8,13H,9-12,14H2. The number of piperazine rings is 1. The molecule has 0 spiro atoms. The number of fused-ring (bicyclic) bond motifs is 1. The summed E-state index contributed by atoms with van der Waals surface area (Å²) in [6.45, 7) is 4.33. The van der Waals surface area contributed by atoms with Crippen molar-refractivity contribution in [2.45, 2.75) is 6.54 Å². The van der Waals surface area contributed by atoms with Crippen molar-refractivity contribution in [1.82, 2.24) is 14.8 Å². The van der Waals surface area contributed by atoms with E-state index >= 15 is 0 Å². The second-order valence-corrected chi connectivity index (χ2v) is 7.16. The fourth-order valence-corrected chi connectivity index (χ4v) is 4.13. The van der Waals surface area contributed by atoms with E-state index in [1.807, 2.05) is 35.5 Å². The van der Waals surface area contributed by atoms with E-state index in [0.717, 1.165) is 43.0 Å². The van der Waals surface area contributed by atoms with E-state index in [9.17, 15) is 4.79 Å². The summed E-state index contributed by atoms with van der Waals surface area (Å²) in [5, 5.41) is 1.15. The number of thiophene rings is 1. The molecule has 1 fully saturated rings. The van der Waals surface area contributed by atoms with Crippen molar-refractivity contribution in [3.05, 3.63) is 65.3 Å². The Bertz CT molecular complexity index is 805. The molecule has 1 aromatic carbocycles. The normalized spacial score (nSPS) is 15.8. The number of hydrogen-bond donors (Lipinski definition) is 0. The molecule has 1 aliphatic heterocycles. The SMILES string of the molecule is O=C(c1cc2ccccc2s1)N1CCN(Cc2ccncc2)CC1. The van der Waals surface area contributed by atoms with Crippen LogP contribution in [0.15, 0.2) is 54.9 Å². The van der Waals surface area contributed by atoms with Crippen molar-refractivity contribution in [2.24, 2.45) is 0 Å². The number of pyridine rings is 1. The largest absolute Gasteiger partial charge is 0.335 e. The van der Waals surface area contributed by atoms with Crippen molar-refractivity contribution in [3.8, 4) is 0 Å². The van der Waals surface area contributed by atoms with Crippen LogP contribution in [0.25, 0.3) is 10.1 Å². The van der Waals surface area contributed by atoms with Gasteiger partial charge in [-0.3, -0.25) is 14.7 Å². The van der Waals surface area contributed by atoms with Gasteiger partial charge in [-0.2, -0.15) is 0 Å². The number of hydrogen-bond acceptors (Lipinski definition) is 4. The van der Waals surface area contributed by atoms with Crippen LogP contribution in [0.1, 0.15) is 15.2 Å². The van der Waals surface area contributed by atoms with Crippen molar-refractivity contribution in [2.75, 3.05) is 26.2 Å². The lowest BCUT2D eigenvalue weighted by atomic mass is 10.2. The predicted molar refractivity (Wildman–Crippen MR) is 97.2 cm³/mol. The Hall–Kier alpha value is -2.24. The van der Waals surface area contributed by atoms with Crippen molar-refractivity contribution in [1.29, 1.82) is 0 Å². The molecule has 3 aromatic rings. The van der Waals surface area contributed by atoms with Gasteiger partial charge in [0.05, 0.1) is 4.88 Å². The predicted octanol–water partition coefficient (Wildman–Crippen LogP) is 3.25. The molecule has 0 bridgehead atoms. The van der Waals surface area contributed by atoms with E-state index < -0.39 is 0 Å². The van der Waals surface area contributed by atoms with Gasteiger partial charge in [0, 0.05) is 49.8 Å². The fraction of sp³-hybridized carbons (Fsp3) is 0.263. The number of amides is 1. The molecule has 0 atom stereocenters. The highest BCUT2D eigenvalue weighted by Gasteiger charge is 2.23. The molecule has 1 aliphatic rings. The van der Waals surface area contributed by atoms with Gasteiger partial charge >= 0.3 is 0 Å². The third-order valence-electron chi connectivity index (χ3n) is 4.45. The van der Waals surface area contributed by atoms with Gasteiger partial charge in [0.1, 0.15) is 0 Å². The summed E-state index contributed by atoms with van der Waals surface area (Å²) in [5.41, 5.74) is 1.27. The lowest BCUT2D eigenvalue weighted by molar-refractivity contribution is 0.0633. The second-order valence-electron chi connectivity index (χ2n) is 6.07. The Morgan fingerprint density at radius 3 is 2.54 bits per heavy atom. The Morgan fingerprint density at radius 2 is 1.79 bits per heavy atom. The average molecular weight is 337 g/mol. The van der Waals surface area contributed by atoms with Crippen LogP contribution < -0.4 is 0 Å². The molecule has 2 aromatic heterocycles. The lowest BCUT2D eigenvalue weighted by Crippen LogP contribution is -2.48. The Morgan fingerprint density at radius 1 is 1.04 bits per heavy atom. The molecule has 1 amide bonds. The van der Waals surface area contributed by atoms with Crippen molar-refractivity contribution < 1.29 is 4.79 Å². The van der Waals surface area contributed by atoms with Gasteiger partial charge in [-0.25, -0.2) is 0 Å². The van der Waals surface area contributed by atoms with E-state index in [1.54, 1.807) is 11.3 Å². The summed E-state index contributed by atoms with van der Waals surface area (Å²) >= 11 is 1.59. The van der Waals surface area contributed by atoms with Crippen molar-refractivity contribution in [3.63, 3.8) is 0 Å². The minimum atomic E-state index is 0.166. The van der Waals surface area contributed by atoms with Crippen LogP contribution in [0.4, 0.5) is 0 Å². The first-order chi connectivity index (χ1) is 11.8. The molecular formula is C19H19N3OS. The first-order valence-corrected chi connectivity index (χ1v) is 9.00. The zero-order valence-electron chi connectivity index (χ0n) is 13.4. The molecular weight excluding hydrogens is 318 g/mol. The molecule has 24 heavy (non-hydrogen) atoms. The second kappa shape index (κ2) is 6.71. The van der Waals surface area contributed by atoms with E-state index in [4.69, 9.17) is 0 Å². The van der Waals surface area contributed by atoms with E-state index in [2.05, 4.69) is 34.1 Å². The maximum Gasteiger partial charge on any atom is 0.264 e. The van der Waals surface area contributed by atoms with Crippen LogP contribution in [-0.4, -0.2) is 46.9 Å². The highest BCUT2D eigenvalue weighted by molar-refractivity contribution is 7.20. The number of carbonyl (C=O) groups is 1. The van der Waals surface area contributed by atoms with Crippen LogP contribution in [-0.2, 0) is 6.54 Å². The van der Waals surface area contributed by atoms with E-state index in [1.165, 1.54) is 10.3 Å². The number of benzene rings is 1. The number of carbonyl (C=O) groups excluding carboxylic acids is 1. The van der Waals surface area contributed by atoms with E-state index in [-0.39, 0.29) is 5.91 Å². The van der Waals surface area contributed by atoms with Crippen LogP contribution in [0.3, 0.4) is 0 Å². The molecule has 5 heteroatoms. The third kappa shape index (κ3) is 3.18. The molecule has 0 aliphatic carbocycles. The molecule has 0 saturated carbocycles. The van der Waals surface area contributed by atoms with Crippen LogP contribution >= 0.6 is 11.3 Å². The molecule has 4 nitrogen and oxygen atoms in total. The highest BCUT2D eigenvalue weighted by atomic mass is 32.1. The quantitative estimate of drug-likeness (QED) is 0.736. The molecule has 4 rings (SSSR count). The first kappa shape index (κ1) is 15.3. The summed E-state index contributed by atoms with van der Waals surface area (Å²) in [4.78, 5) is 22.0. The van der Waals surface area contributed by atoms with Gasteiger partial charge in [0.15, 0.2) is 0 Å². The molecule has 3 heterocycles. The summed E-state index contributed by atoms with van der Waals surface area (Å²) in [7, 11) is 0. The monoisotopic (exact) mass is 337 g/mol. The Kier molecular flexibility index (Phi) is 4.28. The maximum atomic E-state index is 12.7. The van der Waals surface area contributed by atoms with Crippen LogP contribution in [0.2, 0.25) is 0 Å². The molecule has 0 N–H and O–H groups in total. The summed E-state index contributed by atoms with van der Waals surface area (Å²) < 4.78 is 1.18. The Labute approximate surface area is 145 Å². The number of rotatable bonds is 3. The summed E-state index contributed by atoms with van der Waals surface area (Å²) in [6.07, 6.45) is 3.66. The first-order valence-electron chi connectivity index (χ1n) is 8.19.